The first-order valence-electron chi connectivity index (χ1n) is 4.53. The molecule has 0 N–H and O–H groups in total. The second-order valence-electron chi connectivity index (χ2n) is 3.08. The van der Waals surface area contributed by atoms with Gasteiger partial charge in [-0.2, -0.15) is 0 Å². The molecule has 0 saturated heterocycles. The van der Waals surface area contributed by atoms with Crippen LogP contribution in [0.1, 0.15) is 12.5 Å². The lowest BCUT2D eigenvalue weighted by atomic mass is 10.1. The number of benzene rings is 1. The molecule has 0 spiro atoms. The van der Waals surface area contributed by atoms with Gasteiger partial charge in [0.15, 0.2) is 0 Å². The van der Waals surface area contributed by atoms with Crippen LogP contribution in [0, 0.1) is 10.5 Å². The van der Waals surface area contributed by atoms with Gasteiger partial charge in [0.05, 0.1) is 6.61 Å². The van der Waals surface area contributed by atoms with E-state index in [1.54, 1.807) is 11.3 Å². The Balaban J connectivity index is 2.68. The van der Waals surface area contributed by atoms with E-state index in [1.807, 2.05) is 6.92 Å². The molecule has 0 aliphatic rings. The molecule has 0 fully saturated rings. The molecule has 1 heterocycles. The van der Waals surface area contributed by atoms with Crippen LogP contribution >= 0.6 is 33.9 Å². The second kappa shape index (κ2) is 4.06. The molecule has 0 radical (unpaired) electrons. The SMILES string of the molecule is CCOc1cc(I)c2sccc2c1C. The van der Waals surface area contributed by atoms with E-state index in [9.17, 15) is 0 Å². The fraction of sp³-hybridized carbons (Fsp3) is 0.273. The Labute approximate surface area is 101 Å². The Morgan fingerprint density at radius 3 is 3.00 bits per heavy atom. The van der Waals surface area contributed by atoms with Crippen molar-refractivity contribution in [3.63, 3.8) is 0 Å². The molecule has 0 amide bonds. The first kappa shape index (κ1) is 10.2. The van der Waals surface area contributed by atoms with Crippen LogP contribution in [0.4, 0.5) is 0 Å². The molecule has 14 heavy (non-hydrogen) atoms. The number of ether oxygens (including phenoxy) is 1. The van der Waals surface area contributed by atoms with E-state index in [2.05, 4.69) is 47.0 Å². The van der Waals surface area contributed by atoms with Gasteiger partial charge in [0, 0.05) is 13.7 Å². The predicted octanol–water partition coefficient (Wildman–Crippen LogP) is 4.21. The zero-order valence-corrected chi connectivity index (χ0v) is 11.1. The minimum atomic E-state index is 0.729. The quantitative estimate of drug-likeness (QED) is 0.754. The summed E-state index contributed by atoms with van der Waals surface area (Å²) in [6.07, 6.45) is 0. The predicted molar refractivity (Wildman–Crippen MR) is 70.4 cm³/mol. The van der Waals surface area contributed by atoms with Gasteiger partial charge in [-0.1, -0.05) is 0 Å². The Bertz CT molecular complexity index is 462. The van der Waals surface area contributed by atoms with Crippen molar-refractivity contribution in [1.82, 2.24) is 0 Å². The second-order valence-corrected chi connectivity index (χ2v) is 5.16. The van der Waals surface area contributed by atoms with Crippen molar-refractivity contribution < 1.29 is 4.74 Å². The van der Waals surface area contributed by atoms with E-state index < -0.39 is 0 Å². The van der Waals surface area contributed by atoms with Crippen molar-refractivity contribution in [2.75, 3.05) is 6.61 Å². The summed E-state index contributed by atoms with van der Waals surface area (Å²) < 4.78 is 8.24. The van der Waals surface area contributed by atoms with Gasteiger partial charge in [0.2, 0.25) is 0 Å². The Morgan fingerprint density at radius 1 is 1.50 bits per heavy atom. The average Bonchev–Trinajstić information content (AvgIpc) is 2.63. The molecule has 0 saturated carbocycles. The van der Waals surface area contributed by atoms with Crippen LogP contribution in [0.2, 0.25) is 0 Å². The molecular weight excluding hydrogens is 307 g/mol. The smallest absolute Gasteiger partial charge is 0.123 e. The van der Waals surface area contributed by atoms with E-state index in [0.717, 1.165) is 12.4 Å². The number of aryl methyl sites for hydroxylation is 1. The molecule has 0 aliphatic heterocycles. The molecule has 2 aromatic rings. The highest BCUT2D eigenvalue weighted by atomic mass is 127. The van der Waals surface area contributed by atoms with E-state index in [4.69, 9.17) is 4.74 Å². The highest BCUT2D eigenvalue weighted by Gasteiger charge is 2.08. The minimum Gasteiger partial charge on any atom is -0.494 e. The summed E-state index contributed by atoms with van der Waals surface area (Å²) in [6.45, 7) is 4.87. The summed E-state index contributed by atoms with van der Waals surface area (Å²) in [5.41, 5.74) is 1.25. The summed E-state index contributed by atoms with van der Waals surface area (Å²) in [5.74, 6) is 1.02. The third-order valence-electron chi connectivity index (χ3n) is 2.21. The fourth-order valence-corrected chi connectivity index (χ4v) is 3.33. The molecule has 0 aliphatic carbocycles. The van der Waals surface area contributed by atoms with Crippen LogP contribution in [0.3, 0.4) is 0 Å². The van der Waals surface area contributed by atoms with Crippen molar-refractivity contribution in [1.29, 1.82) is 0 Å². The van der Waals surface area contributed by atoms with Gasteiger partial charge >= 0.3 is 0 Å². The van der Waals surface area contributed by atoms with Crippen molar-refractivity contribution in [3.05, 3.63) is 26.6 Å². The first-order chi connectivity index (χ1) is 6.74. The van der Waals surface area contributed by atoms with Crippen LogP contribution in [-0.2, 0) is 0 Å². The van der Waals surface area contributed by atoms with Crippen LogP contribution in [0.25, 0.3) is 10.1 Å². The van der Waals surface area contributed by atoms with Crippen molar-refractivity contribution in [3.8, 4) is 5.75 Å². The fourth-order valence-electron chi connectivity index (χ4n) is 1.52. The Kier molecular flexibility index (Phi) is 2.97. The molecule has 2 rings (SSSR count). The largest absolute Gasteiger partial charge is 0.494 e. The Hall–Kier alpha value is -0.290. The molecule has 1 aromatic heterocycles. The normalized spacial score (nSPS) is 10.8. The zero-order valence-electron chi connectivity index (χ0n) is 8.13. The average molecular weight is 318 g/mol. The van der Waals surface area contributed by atoms with Gasteiger partial charge in [-0.15, -0.1) is 11.3 Å². The lowest BCUT2D eigenvalue weighted by Gasteiger charge is -2.08. The number of hydrogen-bond acceptors (Lipinski definition) is 2. The zero-order chi connectivity index (χ0) is 10.1. The standard InChI is InChI=1S/C11H11IOS/c1-3-13-10-6-9(12)11-8(7(10)2)4-5-14-11/h4-6H,3H2,1-2H3. The van der Waals surface area contributed by atoms with E-state index in [1.165, 1.54) is 19.2 Å². The topological polar surface area (TPSA) is 9.23 Å². The maximum Gasteiger partial charge on any atom is 0.123 e. The number of fused-ring (bicyclic) bond motifs is 1. The molecule has 74 valence electrons. The van der Waals surface area contributed by atoms with Crippen molar-refractivity contribution >= 4 is 44.0 Å². The van der Waals surface area contributed by atoms with Gasteiger partial charge in [0.1, 0.15) is 5.75 Å². The van der Waals surface area contributed by atoms with Gasteiger partial charge in [-0.25, -0.2) is 0 Å². The molecule has 0 unspecified atom stereocenters. The summed E-state index contributed by atoms with van der Waals surface area (Å²) in [4.78, 5) is 0. The van der Waals surface area contributed by atoms with Crippen LogP contribution in [0.15, 0.2) is 17.5 Å². The van der Waals surface area contributed by atoms with E-state index in [0.29, 0.717) is 0 Å². The van der Waals surface area contributed by atoms with E-state index in [-0.39, 0.29) is 0 Å². The summed E-state index contributed by atoms with van der Waals surface area (Å²) in [5, 5.41) is 3.46. The minimum absolute atomic E-state index is 0.729. The first-order valence-corrected chi connectivity index (χ1v) is 6.49. The number of hydrogen-bond donors (Lipinski definition) is 0. The van der Waals surface area contributed by atoms with Gasteiger partial charge in [0.25, 0.3) is 0 Å². The monoisotopic (exact) mass is 318 g/mol. The Morgan fingerprint density at radius 2 is 2.29 bits per heavy atom. The number of rotatable bonds is 2. The number of thiophene rings is 1. The third kappa shape index (κ3) is 1.63. The summed E-state index contributed by atoms with van der Waals surface area (Å²) in [6, 6.07) is 4.29. The molecule has 1 aromatic carbocycles. The van der Waals surface area contributed by atoms with Gasteiger partial charge in [-0.05, 0) is 59.5 Å². The molecule has 0 atom stereocenters. The number of halogens is 1. The van der Waals surface area contributed by atoms with Gasteiger partial charge in [-0.3, -0.25) is 0 Å². The van der Waals surface area contributed by atoms with Crippen LogP contribution in [0.5, 0.6) is 5.75 Å². The van der Waals surface area contributed by atoms with Crippen molar-refractivity contribution in [2.24, 2.45) is 0 Å². The van der Waals surface area contributed by atoms with Crippen LogP contribution < -0.4 is 4.74 Å². The molecule has 3 heteroatoms. The summed E-state index contributed by atoms with van der Waals surface area (Å²) in [7, 11) is 0. The lowest BCUT2D eigenvalue weighted by molar-refractivity contribution is 0.338. The maximum absolute atomic E-state index is 5.59. The maximum atomic E-state index is 5.59. The third-order valence-corrected chi connectivity index (χ3v) is 4.38. The van der Waals surface area contributed by atoms with Crippen LogP contribution in [-0.4, -0.2) is 6.61 Å². The van der Waals surface area contributed by atoms with E-state index >= 15 is 0 Å². The highest BCUT2D eigenvalue weighted by molar-refractivity contribution is 14.1. The lowest BCUT2D eigenvalue weighted by Crippen LogP contribution is -1.94. The van der Waals surface area contributed by atoms with Crippen molar-refractivity contribution in [2.45, 2.75) is 13.8 Å². The van der Waals surface area contributed by atoms with Gasteiger partial charge < -0.3 is 4.74 Å². The molecular formula is C11H11IOS. The molecule has 1 nitrogen and oxygen atoms in total. The highest BCUT2D eigenvalue weighted by Crippen LogP contribution is 2.34. The molecule has 0 bridgehead atoms. The summed E-state index contributed by atoms with van der Waals surface area (Å²) >= 11 is 4.16.